The van der Waals surface area contributed by atoms with Crippen LogP contribution < -0.4 is 5.32 Å². The molecule has 1 aromatic carbocycles. The lowest BCUT2D eigenvalue weighted by Crippen LogP contribution is -2.27. The van der Waals surface area contributed by atoms with Gasteiger partial charge in [0.2, 0.25) is 0 Å². The Balaban J connectivity index is 2.49. The number of rotatable bonds is 5. The van der Waals surface area contributed by atoms with Crippen LogP contribution in [0.3, 0.4) is 0 Å². The second-order valence-corrected chi connectivity index (χ2v) is 5.48. The Bertz CT molecular complexity index is 378. The predicted octanol–water partition coefficient (Wildman–Crippen LogP) is 1.69. The number of nitrogens with one attached hydrogen (secondary N) is 1. The number of benzene rings is 1. The Hall–Kier alpha value is -0.680. The van der Waals surface area contributed by atoms with Crippen molar-refractivity contribution >= 4 is 32.6 Å². The summed E-state index contributed by atoms with van der Waals surface area (Å²) in [7, 11) is -0.864. The van der Waals surface area contributed by atoms with E-state index in [2.05, 4.69) is 21.2 Å². The van der Waals surface area contributed by atoms with Crippen molar-refractivity contribution in [2.75, 3.05) is 18.6 Å². The van der Waals surface area contributed by atoms with Crippen LogP contribution in [-0.2, 0) is 16.1 Å². The average molecular weight is 304 g/mol. The largest absolute Gasteiger partial charge is 0.351 e. The summed E-state index contributed by atoms with van der Waals surface area (Å²) >= 11 is 3.34. The van der Waals surface area contributed by atoms with E-state index < -0.39 is 10.8 Å². The minimum atomic E-state index is -0.864. The fourth-order valence-corrected chi connectivity index (χ4v) is 1.92. The van der Waals surface area contributed by atoms with Crippen molar-refractivity contribution in [1.82, 2.24) is 5.32 Å². The van der Waals surface area contributed by atoms with E-state index in [1.165, 1.54) is 0 Å². The van der Waals surface area contributed by atoms with Gasteiger partial charge in [-0.2, -0.15) is 0 Å². The van der Waals surface area contributed by atoms with Crippen LogP contribution >= 0.6 is 15.9 Å². The molecule has 0 spiro atoms. The fraction of sp³-hybridized carbons (Fsp3) is 0.364. The third-order valence-electron chi connectivity index (χ3n) is 2.05. The van der Waals surface area contributed by atoms with Gasteiger partial charge >= 0.3 is 0 Å². The number of carbonyl (C=O) groups is 1. The predicted molar refractivity (Wildman–Crippen MR) is 70.3 cm³/mol. The van der Waals surface area contributed by atoms with Crippen LogP contribution in [0.5, 0.6) is 0 Å². The molecular weight excluding hydrogens is 290 g/mol. The zero-order valence-corrected chi connectivity index (χ0v) is 11.4. The van der Waals surface area contributed by atoms with Crippen molar-refractivity contribution < 1.29 is 9.00 Å². The summed E-state index contributed by atoms with van der Waals surface area (Å²) in [5.41, 5.74) is 1.76. The van der Waals surface area contributed by atoms with Gasteiger partial charge in [-0.3, -0.25) is 9.00 Å². The highest BCUT2D eigenvalue weighted by molar-refractivity contribution is 9.08. The van der Waals surface area contributed by atoms with Gasteiger partial charge in [0.15, 0.2) is 0 Å². The number of halogens is 1. The molecule has 0 saturated heterocycles. The minimum absolute atomic E-state index is 0.119. The molecule has 1 unspecified atom stereocenters. The molecule has 1 N–H and O–H groups in total. The summed E-state index contributed by atoms with van der Waals surface area (Å²) in [4.78, 5) is 11.6. The summed E-state index contributed by atoms with van der Waals surface area (Å²) < 4.78 is 10.8. The van der Waals surface area contributed by atoms with Crippen molar-refractivity contribution in [2.24, 2.45) is 0 Å². The molecule has 1 amide bonds. The molecule has 0 aliphatic heterocycles. The molecule has 1 atom stereocenters. The quantitative estimate of drug-likeness (QED) is 0.842. The number of hydrogen-bond donors (Lipinski definition) is 1. The normalized spacial score (nSPS) is 12.1. The number of amides is 1. The van der Waals surface area contributed by atoms with Crippen molar-refractivity contribution in [3.05, 3.63) is 35.4 Å². The summed E-state index contributed by atoms with van der Waals surface area (Å²) in [6, 6.07) is 7.38. The highest BCUT2D eigenvalue weighted by atomic mass is 79.9. The van der Waals surface area contributed by atoms with Crippen LogP contribution in [0, 0.1) is 0 Å². The lowest BCUT2D eigenvalue weighted by Gasteiger charge is -2.04. The summed E-state index contributed by atoms with van der Waals surface area (Å²) in [5, 5.41) is 3.51. The average Bonchev–Trinajstić information content (AvgIpc) is 2.28. The Morgan fingerprint density at radius 2 is 2.00 bits per heavy atom. The Labute approximate surface area is 106 Å². The van der Waals surface area contributed by atoms with Crippen molar-refractivity contribution in [3.63, 3.8) is 0 Å². The fourth-order valence-electron chi connectivity index (χ4n) is 1.16. The van der Waals surface area contributed by atoms with E-state index in [1.54, 1.807) is 18.4 Å². The smallest absolute Gasteiger partial charge is 0.251 e. The number of hydrogen-bond acceptors (Lipinski definition) is 2. The summed E-state index contributed by atoms with van der Waals surface area (Å²) in [5.74, 6) is 0.372. The second kappa shape index (κ2) is 6.81. The molecule has 0 saturated carbocycles. The molecular formula is C11H14BrNO2S. The maximum absolute atomic E-state index is 11.6. The molecule has 0 aliphatic rings. The maximum Gasteiger partial charge on any atom is 0.251 e. The van der Waals surface area contributed by atoms with Crippen LogP contribution in [0.25, 0.3) is 0 Å². The molecule has 0 heterocycles. The zero-order chi connectivity index (χ0) is 12.0. The van der Waals surface area contributed by atoms with Crippen LogP contribution in [0.1, 0.15) is 15.9 Å². The van der Waals surface area contributed by atoms with Gasteiger partial charge in [-0.25, -0.2) is 0 Å². The topological polar surface area (TPSA) is 46.2 Å². The first kappa shape index (κ1) is 13.4. The molecule has 0 aliphatic carbocycles. The van der Waals surface area contributed by atoms with Gasteiger partial charge in [-0.1, -0.05) is 28.1 Å². The van der Waals surface area contributed by atoms with Crippen LogP contribution in [0.4, 0.5) is 0 Å². The van der Waals surface area contributed by atoms with E-state index >= 15 is 0 Å². The van der Waals surface area contributed by atoms with Gasteiger partial charge in [-0.05, 0) is 17.7 Å². The van der Waals surface area contributed by atoms with Crippen molar-refractivity contribution in [3.8, 4) is 0 Å². The lowest BCUT2D eigenvalue weighted by molar-refractivity contribution is 0.0956. The second-order valence-electron chi connectivity index (χ2n) is 3.36. The molecule has 0 aromatic heterocycles. The van der Waals surface area contributed by atoms with Crippen molar-refractivity contribution in [2.45, 2.75) is 5.33 Å². The number of alkyl halides is 1. The van der Waals surface area contributed by atoms with E-state index in [4.69, 9.17) is 0 Å². The maximum atomic E-state index is 11.6. The third kappa shape index (κ3) is 4.45. The Morgan fingerprint density at radius 3 is 2.50 bits per heavy atom. The van der Waals surface area contributed by atoms with Gasteiger partial charge in [0.05, 0.1) is 0 Å². The Morgan fingerprint density at radius 1 is 1.38 bits per heavy atom. The molecule has 1 aromatic rings. The SMILES string of the molecule is CS(=O)CCNC(=O)c1ccc(CBr)cc1. The zero-order valence-electron chi connectivity index (χ0n) is 9.03. The highest BCUT2D eigenvalue weighted by Crippen LogP contribution is 2.07. The van der Waals surface area contributed by atoms with Gasteiger partial charge in [0.1, 0.15) is 0 Å². The minimum Gasteiger partial charge on any atom is -0.351 e. The van der Waals surface area contributed by atoms with Gasteiger partial charge in [-0.15, -0.1) is 0 Å². The van der Waals surface area contributed by atoms with Crippen LogP contribution in [0.2, 0.25) is 0 Å². The summed E-state index contributed by atoms with van der Waals surface area (Å²) in [6.45, 7) is 0.447. The van der Waals surface area contributed by atoms with Crippen LogP contribution in [0.15, 0.2) is 24.3 Å². The summed E-state index contributed by atoms with van der Waals surface area (Å²) in [6.07, 6.45) is 1.62. The first-order valence-electron chi connectivity index (χ1n) is 4.86. The van der Waals surface area contributed by atoms with E-state index in [0.717, 1.165) is 10.9 Å². The molecule has 0 fully saturated rings. The molecule has 5 heteroatoms. The molecule has 3 nitrogen and oxygen atoms in total. The first-order valence-corrected chi connectivity index (χ1v) is 7.71. The number of carbonyl (C=O) groups excluding carboxylic acids is 1. The lowest BCUT2D eigenvalue weighted by atomic mass is 10.1. The monoisotopic (exact) mass is 303 g/mol. The standard InChI is InChI=1S/C11H14BrNO2S/c1-16(15)7-6-13-11(14)10-4-2-9(8-12)3-5-10/h2-5H,6-8H2,1H3,(H,13,14). The van der Waals surface area contributed by atoms with Gasteiger partial charge in [0, 0.05) is 40.2 Å². The Kier molecular flexibility index (Phi) is 5.69. The van der Waals surface area contributed by atoms with Gasteiger partial charge < -0.3 is 5.32 Å². The van der Waals surface area contributed by atoms with E-state index in [9.17, 15) is 9.00 Å². The van der Waals surface area contributed by atoms with E-state index in [-0.39, 0.29) is 5.91 Å². The van der Waals surface area contributed by atoms with E-state index in [1.807, 2.05) is 12.1 Å². The molecule has 0 radical (unpaired) electrons. The molecule has 16 heavy (non-hydrogen) atoms. The highest BCUT2D eigenvalue weighted by Gasteiger charge is 2.04. The first-order chi connectivity index (χ1) is 7.63. The van der Waals surface area contributed by atoms with Gasteiger partial charge in [0.25, 0.3) is 5.91 Å². The van der Waals surface area contributed by atoms with E-state index in [0.29, 0.717) is 17.9 Å². The molecule has 0 bridgehead atoms. The van der Waals surface area contributed by atoms with Crippen LogP contribution in [-0.4, -0.2) is 28.7 Å². The molecule has 1 rings (SSSR count). The third-order valence-corrected chi connectivity index (χ3v) is 3.47. The van der Waals surface area contributed by atoms with Crippen molar-refractivity contribution in [1.29, 1.82) is 0 Å². The molecule has 88 valence electrons.